The standard InChI is InChI=1S/C24H28N4O3/c1-6-18(5)25-22(29)21-23(30)27(14-19-9-7-15(2)8-10-19)24(31)28(26-21)20-12-16(3)11-17(4)13-20/h7-13,18H,6,14H2,1-5H3,(H,25,29). The number of benzene rings is 2. The van der Waals surface area contributed by atoms with Gasteiger partial charge < -0.3 is 5.32 Å². The third-order valence-electron chi connectivity index (χ3n) is 5.18. The van der Waals surface area contributed by atoms with Gasteiger partial charge in [-0.25, -0.2) is 4.79 Å². The zero-order valence-electron chi connectivity index (χ0n) is 18.6. The van der Waals surface area contributed by atoms with Gasteiger partial charge in [-0.05, 0) is 62.9 Å². The topological polar surface area (TPSA) is 86.0 Å². The van der Waals surface area contributed by atoms with E-state index < -0.39 is 17.2 Å². The maximum Gasteiger partial charge on any atom is 0.352 e. The highest BCUT2D eigenvalue weighted by molar-refractivity contribution is 5.91. The van der Waals surface area contributed by atoms with E-state index in [1.807, 2.05) is 65.0 Å². The Labute approximate surface area is 181 Å². The molecule has 0 aliphatic rings. The highest BCUT2D eigenvalue weighted by Crippen LogP contribution is 2.11. The van der Waals surface area contributed by atoms with Crippen LogP contribution < -0.4 is 16.6 Å². The van der Waals surface area contributed by atoms with Crippen molar-refractivity contribution in [2.24, 2.45) is 0 Å². The van der Waals surface area contributed by atoms with Crippen molar-refractivity contribution >= 4 is 5.91 Å². The van der Waals surface area contributed by atoms with Crippen molar-refractivity contribution in [1.29, 1.82) is 0 Å². The van der Waals surface area contributed by atoms with Crippen LogP contribution in [-0.4, -0.2) is 26.3 Å². The van der Waals surface area contributed by atoms with E-state index in [2.05, 4.69) is 10.4 Å². The molecule has 3 aromatic rings. The number of carbonyl (C=O) groups excluding carboxylic acids is 1. The maximum atomic E-state index is 13.3. The highest BCUT2D eigenvalue weighted by Gasteiger charge is 2.21. The molecule has 0 aliphatic carbocycles. The van der Waals surface area contributed by atoms with Gasteiger partial charge in [0, 0.05) is 6.04 Å². The molecule has 0 spiro atoms. The molecular formula is C24H28N4O3. The number of aryl methyl sites for hydroxylation is 3. The molecule has 0 radical (unpaired) electrons. The number of rotatable bonds is 6. The molecule has 0 saturated heterocycles. The molecule has 0 aliphatic heterocycles. The van der Waals surface area contributed by atoms with E-state index in [1.165, 1.54) is 0 Å². The van der Waals surface area contributed by atoms with Crippen LogP contribution >= 0.6 is 0 Å². The predicted octanol–water partition coefficient (Wildman–Crippen LogP) is 2.90. The average molecular weight is 421 g/mol. The van der Waals surface area contributed by atoms with E-state index in [0.29, 0.717) is 12.1 Å². The Hall–Kier alpha value is -3.48. The zero-order valence-corrected chi connectivity index (χ0v) is 18.6. The van der Waals surface area contributed by atoms with E-state index in [4.69, 9.17) is 0 Å². The molecule has 7 nitrogen and oxygen atoms in total. The number of nitrogens with one attached hydrogen (secondary N) is 1. The molecule has 3 rings (SSSR count). The minimum atomic E-state index is -0.702. The van der Waals surface area contributed by atoms with Gasteiger partial charge >= 0.3 is 5.69 Å². The molecule has 1 aromatic heterocycles. The largest absolute Gasteiger partial charge is 0.352 e. The molecule has 1 atom stereocenters. The summed E-state index contributed by atoms with van der Waals surface area (Å²) in [5.41, 5.74) is 2.69. The summed E-state index contributed by atoms with van der Waals surface area (Å²) in [5, 5.41) is 6.96. The quantitative estimate of drug-likeness (QED) is 0.664. The number of hydrogen-bond donors (Lipinski definition) is 1. The van der Waals surface area contributed by atoms with Crippen LogP contribution in [0.4, 0.5) is 0 Å². The number of hydrogen-bond acceptors (Lipinski definition) is 4. The van der Waals surface area contributed by atoms with E-state index in [0.717, 1.165) is 31.5 Å². The van der Waals surface area contributed by atoms with Gasteiger partial charge in [-0.15, -0.1) is 0 Å². The van der Waals surface area contributed by atoms with Gasteiger partial charge in [0.15, 0.2) is 0 Å². The van der Waals surface area contributed by atoms with E-state index in [9.17, 15) is 14.4 Å². The average Bonchev–Trinajstić information content (AvgIpc) is 2.71. The molecule has 0 bridgehead atoms. The third-order valence-corrected chi connectivity index (χ3v) is 5.18. The van der Waals surface area contributed by atoms with E-state index >= 15 is 0 Å². The highest BCUT2D eigenvalue weighted by atomic mass is 16.2. The zero-order chi connectivity index (χ0) is 22.7. The van der Waals surface area contributed by atoms with Gasteiger partial charge in [0.1, 0.15) is 0 Å². The molecule has 2 aromatic carbocycles. The lowest BCUT2D eigenvalue weighted by atomic mass is 10.1. The van der Waals surface area contributed by atoms with E-state index in [-0.39, 0.29) is 18.3 Å². The van der Waals surface area contributed by atoms with Crippen molar-refractivity contribution in [3.05, 3.63) is 91.3 Å². The summed E-state index contributed by atoms with van der Waals surface area (Å²) in [6.07, 6.45) is 0.708. The first-order chi connectivity index (χ1) is 14.7. The van der Waals surface area contributed by atoms with Gasteiger partial charge in [0.05, 0.1) is 12.2 Å². The lowest BCUT2D eigenvalue weighted by molar-refractivity contribution is 0.0929. The first-order valence-corrected chi connectivity index (χ1v) is 10.4. The Balaban J connectivity index is 2.21. The molecular weight excluding hydrogens is 392 g/mol. The Morgan fingerprint density at radius 1 is 1.00 bits per heavy atom. The number of carbonyl (C=O) groups is 1. The fourth-order valence-corrected chi connectivity index (χ4v) is 3.31. The SMILES string of the molecule is CCC(C)NC(=O)c1nn(-c2cc(C)cc(C)c2)c(=O)n(Cc2ccc(C)cc2)c1=O. The Bertz CT molecular complexity index is 1200. The fraction of sp³-hybridized carbons (Fsp3) is 0.333. The summed E-state index contributed by atoms with van der Waals surface area (Å²) in [6.45, 7) is 9.63. The summed E-state index contributed by atoms with van der Waals surface area (Å²) < 4.78 is 2.21. The summed E-state index contributed by atoms with van der Waals surface area (Å²) in [6, 6.07) is 13.0. The molecule has 31 heavy (non-hydrogen) atoms. The minimum Gasteiger partial charge on any atom is -0.348 e. The second-order valence-electron chi connectivity index (χ2n) is 8.05. The molecule has 1 N–H and O–H groups in total. The van der Waals surface area contributed by atoms with Crippen molar-refractivity contribution in [1.82, 2.24) is 19.7 Å². The molecule has 1 amide bonds. The van der Waals surface area contributed by atoms with Crippen LogP contribution in [0, 0.1) is 20.8 Å². The van der Waals surface area contributed by atoms with Gasteiger partial charge in [0.25, 0.3) is 11.5 Å². The molecule has 0 fully saturated rings. The minimum absolute atomic E-state index is 0.0505. The molecule has 1 unspecified atom stereocenters. The van der Waals surface area contributed by atoms with Crippen LogP contribution in [0.1, 0.15) is 53.0 Å². The summed E-state index contributed by atoms with van der Waals surface area (Å²) in [4.78, 5) is 39.2. The predicted molar refractivity (Wildman–Crippen MR) is 121 cm³/mol. The number of aromatic nitrogens is 3. The Morgan fingerprint density at radius 2 is 1.61 bits per heavy atom. The number of amides is 1. The summed E-state index contributed by atoms with van der Waals surface area (Å²) in [7, 11) is 0. The normalized spacial score (nSPS) is 11.9. The van der Waals surface area contributed by atoms with Crippen LogP contribution in [0.25, 0.3) is 5.69 Å². The first kappa shape index (κ1) is 22.2. The van der Waals surface area contributed by atoms with Crippen molar-refractivity contribution in [3.63, 3.8) is 0 Å². The Morgan fingerprint density at radius 3 is 2.19 bits per heavy atom. The number of nitrogens with zero attached hydrogens (tertiary/aromatic N) is 3. The molecule has 7 heteroatoms. The van der Waals surface area contributed by atoms with E-state index in [1.54, 1.807) is 12.1 Å². The van der Waals surface area contributed by atoms with Crippen LogP contribution in [-0.2, 0) is 6.54 Å². The molecule has 162 valence electrons. The smallest absolute Gasteiger partial charge is 0.348 e. The second-order valence-corrected chi connectivity index (χ2v) is 8.05. The van der Waals surface area contributed by atoms with Crippen LogP contribution in [0.3, 0.4) is 0 Å². The summed E-state index contributed by atoms with van der Waals surface area (Å²) in [5.74, 6) is -0.588. The molecule has 0 saturated carbocycles. The summed E-state index contributed by atoms with van der Waals surface area (Å²) >= 11 is 0. The van der Waals surface area contributed by atoms with Gasteiger partial charge in [0.2, 0.25) is 5.69 Å². The van der Waals surface area contributed by atoms with Crippen LogP contribution in [0.5, 0.6) is 0 Å². The monoisotopic (exact) mass is 420 g/mol. The molecule has 1 heterocycles. The van der Waals surface area contributed by atoms with Crippen molar-refractivity contribution in [3.8, 4) is 5.69 Å². The third kappa shape index (κ3) is 4.99. The van der Waals surface area contributed by atoms with Gasteiger partial charge in [-0.1, -0.05) is 42.8 Å². The van der Waals surface area contributed by atoms with Crippen molar-refractivity contribution in [2.75, 3.05) is 0 Å². The lowest BCUT2D eigenvalue weighted by Crippen LogP contribution is -2.47. The van der Waals surface area contributed by atoms with Crippen molar-refractivity contribution < 1.29 is 4.79 Å². The van der Waals surface area contributed by atoms with Crippen molar-refractivity contribution in [2.45, 2.75) is 53.6 Å². The van der Waals surface area contributed by atoms with Gasteiger partial charge in [-0.2, -0.15) is 9.78 Å². The second kappa shape index (κ2) is 9.12. The maximum absolute atomic E-state index is 13.3. The van der Waals surface area contributed by atoms with Gasteiger partial charge in [-0.3, -0.25) is 14.2 Å². The van der Waals surface area contributed by atoms with Crippen LogP contribution in [0.15, 0.2) is 52.1 Å². The van der Waals surface area contributed by atoms with Crippen LogP contribution in [0.2, 0.25) is 0 Å². The first-order valence-electron chi connectivity index (χ1n) is 10.4. The lowest BCUT2D eigenvalue weighted by Gasteiger charge is -2.15. The fourth-order valence-electron chi connectivity index (χ4n) is 3.31. The Kier molecular flexibility index (Phi) is 6.53.